The molecule has 0 unspecified atom stereocenters. The SMILES string of the molecule is Cc1ccc(C(Cl)=C2CCC3(CC2)OCCO3)cc1. The van der Waals surface area contributed by atoms with E-state index in [1.807, 2.05) is 0 Å². The Kier molecular flexibility index (Phi) is 3.66. The van der Waals surface area contributed by atoms with E-state index in [2.05, 4.69) is 31.2 Å². The lowest BCUT2D eigenvalue weighted by Crippen LogP contribution is -2.33. The third-order valence-corrected chi connectivity index (χ3v) is 4.53. The molecule has 1 aromatic carbocycles. The highest BCUT2D eigenvalue weighted by molar-refractivity contribution is 6.49. The summed E-state index contributed by atoms with van der Waals surface area (Å²) in [4.78, 5) is 0. The Balaban J connectivity index is 1.75. The van der Waals surface area contributed by atoms with Gasteiger partial charge in [-0.05, 0) is 25.3 Å². The van der Waals surface area contributed by atoms with E-state index < -0.39 is 0 Å². The molecule has 102 valence electrons. The van der Waals surface area contributed by atoms with Gasteiger partial charge in [0.05, 0.1) is 13.2 Å². The predicted octanol–water partition coefficient (Wildman–Crippen LogP) is 4.26. The van der Waals surface area contributed by atoms with Crippen molar-refractivity contribution in [2.45, 2.75) is 38.4 Å². The van der Waals surface area contributed by atoms with Crippen molar-refractivity contribution in [3.63, 3.8) is 0 Å². The molecule has 1 aliphatic carbocycles. The summed E-state index contributed by atoms with van der Waals surface area (Å²) >= 11 is 6.53. The van der Waals surface area contributed by atoms with Gasteiger partial charge in [-0.15, -0.1) is 0 Å². The van der Waals surface area contributed by atoms with Crippen LogP contribution < -0.4 is 0 Å². The molecular formula is C16H19ClO2. The van der Waals surface area contributed by atoms with Gasteiger partial charge in [0.2, 0.25) is 0 Å². The van der Waals surface area contributed by atoms with Crippen molar-refractivity contribution in [2.75, 3.05) is 13.2 Å². The second-order valence-corrected chi connectivity index (χ2v) is 5.77. The van der Waals surface area contributed by atoms with E-state index in [4.69, 9.17) is 21.1 Å². The number of benzene rings is 1. The van der Waals surface area contributed by atoms with Gasteiger partial charge in [0.25, 0.3) is 0 Å². The van der Waals surface area contributed by atoms with E-state index in [0.29, 0.717) is 0 Å². The van der Waals surface area contributed by atoms with Gasteiger partial charge in [-0.25, -0.2) is 0 Å². The number of ether oxygens (including phenoxy) is 2. The van der Waals surface area contributed by atoms with Crippen LogP contribution in [-0.2, 0) is 9.47 Å². The number of hydrogen-bond donors (Lipinski definition) is 0. The average Bonchev–Trinajstić information content (AvgIpc) is 2.88. The summed E-state index contributed by atoms with van der Waals surface area (Å²) in [6, 6.07) is 8.40. The smallest absolute Gasteiger partial charge is 0.169 e. The van der Waals surface area contributed by atoms with E-state index >= 15 is 0 Å². The van der Waals surface area contributed by atoms with Crippen LogP contribution >= 0.6 is 11.6 Å². The topological polar surface area (TPSA) is 18.5 Å². The zero-order valence-corrected chi connectivity index (χ0v) is 12.0. The summed E-state index contributed by atoms with van der Waals surface area (Å²) in [5.74, 6) is -0.312. The third-order valence-electron chi connectivity index (χ3n) is 4.04. The normalized spacial score (nSPS) is 21.9. The molecule has 0 atom stereocenters. The number of allylic oxidation sites excluding steroid dienone is 1. The summed E-state index contributed by atoms with van der Waals surface area (Å²) in [5.41, 5.74) is 3.70. The fraction of sp³-hybridized carbons (Fsp3) is 0.500. The first kappa shape index (κ1) is 13.2. The van der Waals surface area contributed by atoms with Crippen LogP contribution in [0.15, 0.2) is 29.8 Å². The summed E-state index contributed by atoms with van der Waals surface area (Å²) in [5, 5.41) is 0.910. The van der Waals surface area contributed by atoms with Crippen molar-refractivity contribution in [1.29, 1.82) is 0 Å². The summed E-state index contributed by atoms with van der Waals surface area (Å²) in [6.45, 7) is 3.54. The molecule has 0 N–H and O–H groups in total. The maximum atomic E-state index is 6.53. The summed E-state index contributed by atoms with van der Waals surface area (Å²) in [7, 11) is 0. The Morgan fingerprint density at radius 2 is 1.63 bits per heavy atom. The first-order valence-electron chi connectivity index (χ1n) is 6.91. The van der Waals surface area contributed by atoms with Gasteiger partial charge in [0, 0.05) is 17.9 Å². The Labute approximate surface area is 119 Å². The summed E-state index contributed by atoms with van der Waals surface area (Å²) in [6.07, 6.45) is 3.77. The van der Waals surface area contributed by atoms with Gasteiger partial charge in [0.1, 0.15) is 0 Å². The van der Waals surface area contributed by atoms with Crippen molar-refractivity contribution < 1.29 is 9.47 Å². The van der Waals surface area contributed by atoms with Gasteiger partial charge in [0.15, 0.2) is 5.79 Å². The molecule has 1 heterocycles. The van der Waals surface area contributed by atoms with Crippen molar-refractivity contribution in [3.8, 4) is 0 Å². The van der Waals surface area contributed by atoms with Crippen LogP contribution in [0.2, 0.25) is 0 Å². The first-order chi connectivity index (χ1) is 9.19. The minimum absolute atomic E-state index is 0.312. The van der Waals surface area contributed by atoms with Crippen LogP contribution in [0.3, 0.4) is 0 Å². The van der Waals surface area contributed by atoms with Crippen LogP contribution in [0.1, 0.15) is 36.8 Å². The Morgan fingerprint density at radius 3 is 2.21 bits per heavy atom. The molecule has 0 aromatic heterocycles. The minimum Gasteiger partial charge on any atom is -0.348 e. The quantitative estimate of drug-likeness (QED) is 0.764. The van der Waals surface area contributed by atoms with Crippen molar-refractivity contribution in [1.82, 2.24) is 0 Å². The van der Waals surface area contributed by atoms with Crippen molar-refractivity contribution in [2.24, 2.45) is 0 Å². The summed E-state index contributed by atoms with van der Waals surface area (Å²) < 4.78 is 11.5. The largest absolute Gasteiger partial charge is 0.348 e. The molecule has 0 amide bonds. The second kappa shape index (κ2) is 5.28. The molecule has 1 spiro atoms. The standard InChI is InChI=1S/C16H19ClO2/c1-12-2-4-13(5-3-12)15(17)14-6-8-16(9-7-14)18-10-11-19-16/h2-5H,6-11H2,1H3. The van der Waals surface area contributed by atoms with Gasteiger partial charge in [-0.3, -0.25) is 0 Å². The average molecular weight is 279 g/mol. The van der Waals surface area contributed by atoms with Gasteiger partial charge in [-0.1, -0.05) is 47.0 Å². The fourth-order valence-electron chi connectivity index (χ4n) is 2.84. The highest BCUT2D eigenvalue weighted by Crippen LogP contribution is 2.41. The van der Waals surface area contributed by atoms with Gasteiger partial charge in [-0.2, -0.15) is 0 Å². The van der Waals surface area contributed by atoms with E-state index in [1.54, 1.807) is 0 Å². The fourth-order valence-corrected chi connectivity index (χ4v) is 3.16. The van der Waals surface area contributed by atoms with Gasteiger partial charge >= 0.3 is 0 Å². The second-order valence-electron chi connectivity index (χ2n) is 5.39. The zero-order valence-electron chi connectivity index (χ0n) is 11.2. The lowest BCUT2D eigenvalue weighted by atomic mass is 9.88. The van der Waals surface area contributed by atoms with E-state index in [1.165, 1.54) is 11.1 Å². The molecule has 3 heteroatoms. The molecule has 2 aliphatic rings. The molecule has 0 radical (unpaired) electrons. The minimum atomic E-state index is -0.312. The molecule has 2 nitrogen and oxygen atoms in total. The number of hydrogen-bond acceptors (Lipinski definition) is 2. The molecule has 1 aliphatic heterocycles. The maximum Gasteiger partial charge on any atom is 0.169 e. The van der Waals surface area contributed by atoms with E-state index in [-0.39, 0.29) is 5.79 Å². The molecule has 1 aromatic rings. The molecule has 3 rings (SSSR count). The Morgan fingerprint density at radius 1 is 1.05 bits per heavy atom. The molecule has 0 bridgehead atoms. The van der Waals surface area contributed by atoms with Crippen LogP contribution in [0.5, 0.6) is 0 Å². The van der Waals surface area contributed by atoms with Crippen molar-refractivity contribution >= 4 is 16.6 Å². The van der Waals surface area contributed by atoms with E-state index in [9.17, 15) is 0 Å². The third kappa shape index (κ3) is 2.71. The van der Waals surface area contributed by atoms with Crippen LogP contribution in [0.4, 0.5) is 0 Å². The highest BCUT2D eigenvalue weighted by Gasteiger charge is 2.39. The Bertz CT molecular complexity index is 472. The zero-order chi connectivity index (χ0) is 13.3. The molecule has 1 saturated carbocycles. The molecular weight excluding hydrogens is 260 g/mol. The Hall–Kier alpha value is -0.830. The van der Waals surface area contributed by atoms with E-state index in [0.717, 1.165) is 49.5 Å². The highest BCUT2D eigenvalue weighted by atomic mass is 35.5. The van der Waals surface area contributed by atoms with Crippen molar-refractivity contribution in [3.05, 3.63) is 41.0 Å². The first-order valence-corrected chi connectivity index (χ1v) is 7.29. The molecule has 19 heavy (non-hydrogen) atoms. The predicted molar refractivity (Wildman–Crippen MR) is 77.1 cm³/mol. The lowest BCUT2D eigenvalue weighted by Gasteiger charge is -2.33. The lowest BCUT2D eigenvalue weighted by molar-refractivity contribution is -0.171. The molecule has 1 saturated heterocycles. The number of aryl methyl sites for hydroxylation is 1. The number of halogens is 1. The van der Waals surface area contributed by atoms with Gasteiger partial charge < -0.3 is 9.47 Å². The number of rotatable bonds is 1. The monoisotopic (exact) mass is 278 g/mol. The maximum absolute atomic E-state index is 6.53. The van der Waals surface area contributed by atoms with Crippen LogP contribution in [-0.4, -0.2) is 19.0 Å². The van der Waals surface area contributed by atoms with Crippen LogP contribution in [0, 0.1) is 6.92 Å². The van der Waals surface area contributed by atoms with Crippen LogP contribution in [0.25, 0.3) is 5.03 Å². The molecule has 2 fully saturated rings.